The molecule has 0 unspecified atom stereocenters. The highest BCUT2D eigenvalue weighted by Gasteiger charge is 2.42. The van der Waals surface area contributed by atoms with Gasteiger partial charge in [-0.3, -0.25) is 4.90 Å². The van der Waals surface area contributed by atoms with Crippen molar-refractivity contribution in [3.63, 3.8) is 0 Å². The van der Waals surface area contributed by atoms with Gasteiger partial charge in [0.05, 0.1) is 19.3 Å². The lowest BCUT2D eigenvalue weighted by Gasteiger charge is -2.35. The molecule has 1 aliphatic carbocycles. The van der Waals surface area contributed by atoms with Crippen molar-refractivity contribution in [3.05, 3.63) is 42.2 Å². The summed E-state index contributed by atoms with van der Waals surface area (Å²) in [7, 11) is 1.59. The standard InChI is InChI=1S/C18H23FN4O2/c1-25-15-2-3-16(19)14(4-15)9-22-7-12-5-17(23-11-20-10-21-23)18(24)6-13(12)8-22/h2-4,10-13,17-18,24H,5-9H2,1H3/t12-,13+,17-,18-/m1/s1. The molecule has 1 saturated carbocycles. The van der Waals surface area contributed by atoms with Gasteiger partial charge in [-0.05, 0) is 42.9 Å². The lowest BCUT2D eigenvalue weighted by atomic mass is 9.77. The molecule has 1 N–H and O–H groups in total. The molecular formula is C18H23FN4O2. The zero-order valence-corrected chi connectivity index (χ0v) is 14.3. The monoisotopic (exact) mass is 346 g/mol. The zero-order chi connectivity index (χ0) is 17.4. The highest BCUT2D eigenvalue weighted by Crippen LogP contribution is 2.41. The number of nitrogens with zero attached hydrogens (tertiary/aromatic N) is 4. The number of likely N-dealkylation sites (tertiary alicyclic amines) is 1. The number of aromatic nitrogens is 3. The number of aliphatic hydroxyl groups is 1. The third-order valence-electron chi connectivity index (χ3n) is 5.61. The van der Waals surface area contributed by atoms with Gasteiger partial charge < -0.3 is 9.84 Å². The highest BCUT2D eigenvalue weighted by molar-refractivity contribution is 5.29. The van der Waals surface area contributed by atoms with Gasteiger partial charge in [0, 0.05) is 25.2 Å². The zero-order valence-electron chi connectivity index (χ0n) is 14.3. The summed E-state index contributed by atoms with van der Waals surface area (Å²) in [5.74, 6) is 1.42. The molecule has 1 saturated heterocycles. The first kappa shape index (κ1) is 16.5. The number of aliphatic hydroxyl groups excluding tert-OH is 1. The van der Waals surface area contributed by atoms with E-state index in [1.165, 1.54) is 12.4 Å². The Morgan fingerprint density at radius 1 is 1.28 bits per heavy atom. The van der Waals surface area contributed by atoms with Crippen LogP contribution in [0.25, 0.3) is 0 Å². The van der Waals surface area contributed by atoms with Gasteiger partial charge in [-0.25, -0.2) is 14.1 Å². The van der Waals surface area contributed by atoms with Crippen LogP contribution in [-0.2, 0) is 6.54 Å². The van der Waals surface area contributed by atoms with Gasteiger partial charge in [0.15, 0.2) is 0 Å². The Labute approximate surface area is 146 Å². The minimum atomic E-state index is -0.406. The first-order valence-corrected chi connectivity index (χ1v) is 8.71. The maximum Gasteiger partial charge on any atom is 0.137 e. The van der Waals surface area contributed by atoms with Crippen LogP contribution in [0.5, 0.6) is 5.75 Å². The van der Waals surface area contributed by atoms with Crippen molar-refractivity contribution in [1.82, 2.24) is 19.7 Å². The minimum Gasteiger partial charge on any atom is -0.497 e. The van der Waals surface area contributed by atoms with E-state index in [-0.39, 0.29) is 11.9 Å². The molecule has 7 heteroatoms. The van der Waals surface area contributed by atoms with E-state index in [1.54, 1.807) is 30.3 Å². The van der Waals surface area contributed by atoms with Crippen LogP contribution in [0.4, 0.5) is 4.39 Å². The average molecular weight is 346 g/mol. The van der Waals surface area contributed by atoms with Crippen molar-refractivity contribution in [2.75, 3.05) is 20.2 Å². The fourth-order valence-corrected chi connectivity index (χ4v) is 4.35. The van der Waals surface area contributed by atoms with Crippen LogP contribution in [0.1, 0.15) is 24.4 Å². The van der Waals surface area contributed by atoms with Crippen molar-refractivity contribution in [3.8, 4) is 5.75 Å². The predicted molar refractivity (Wildman–Crippen MR) is 89.5 cm³/mol. The van der Waals surface area contributed by atoms with Crippen LogP contribution < -0.4 is 4.74 Å². The van der Waals surface area contributed by atoms with Crippen molar-refractivity contribution in [2.45, 2.75) is 31.5 Å². The molecule has 25 heavy (non-hydrogen) atoms. The van der Waals surface area contributed by atoms with Gasteiger partial charge in [-0.15, -0.1) is 0 Å². The first-order valence-electron chi connectivity index (χ1n) is 8.71. The van der Waals surface area contributed by atoms with E-state index in [2.05, 4.69) is 15.0 Å². The quantitative estimate of drug-likeness (QED) is 0.916. The number of benzene rings is 1. The molecule has 0 radical (unpaired) electrons. The van der Waals surface area contributed by atoms with Gasteiger partial charge in [0.25, 0.3) is 0 Å². The van der Waals surface area contributed by atoms with E-state index >= 15 is 0 Å². The summed E-state index contributed by atoms with van der Waals surface area (Å²) in [4.78, 5) is 6.27. The highest BCUT2D eigenvalue weighted by atomic mass is 19.1. The molecule has 4 rings (SSSR count). The summed E-state index contributed by atoms with van der Waals surface area (Å²) in [6.45, 7) is 2.38. The normalized spacial score (nSPS) is 29.6. The average Bonchev–Trinajstić information content (AvgIpc) is 3.25. The van der Waals surface area contributed by atoms with Gasteiger partial charge in [-0.2, -0.15) is 5.10 Å². The lowest BCUT2D eigenvalue weighted by Crippen LogP contribution is -2.36. The van der Waals surface area contributed by atoms with Crippen molar-refractivity contribution in [2.24, 2.45) is 11.8 Å². The number of fused-ring (bicyclic) bond motifs is 1. The van der Waals surface area contributed by atoms with Crippen LogP contribution in [0.15, 0.2) is 30.9 Å². The topological polar surface area (TPSA) is 63.4 Å². The van der Waals surface area contributed by atoms with E-state index in [9.17, 15) is 9.50 Å². The Hall–Kier alpha value is -1.99. The van der Waals surface area contributed by atoms with Crippen LogP contribution >= 0.6 is 0 Å². The van der Waals surface area contributed by atoms with Crippen LogP contribution in [0.3, 0.4) is 0 Å². The van der Waals surface area contributed by atoms with E-state index in [0.29, 0.717) is 29.7 Å². The van der Waals surface area contributed by atoms with Gasteiger partial charge in [0.1, 0.15) is 24.2 Å². The summed E-state index contributed by atoms with van der Waals surface area (Å²) < 4.78 is 21.1. The maximum absolute atomic E-state index is 14.1. The van der Waals surface area contributed by atoms with E-state index < -0.39 is 6.10 Å². The van der Waals surface area contributed by atoms with Crippen LogP contribution in [-0.4, -0.2) is 51.1 Å². The Morgan fingerprint density at radius 3 is 2.80 bits per heavy atom. The second kappa shape index (κ2) is 6.72. The van der Waals surface area contributed by atoms with Crippen molar-refractivity contribution < 1.29 is 14.2 Å². The molecule has 1 aromatic heterocycles. The van der Waals surface area contributed by atoms with Crippen LogP contribution in [0, 0.1) is 17.7 Å². The summed E-state index contributed by atoms with van der Waals surface area (Å²) in [6.07, 6.45) is 4.41. The summed E-state index contributed by atoms with van der Waals surface area (Å²) >= 11 is 0. The predicted octanol–water partition coefficient (Wildman–Crippen LogP) is 1.87. The molecular weight excluding hydrogens is 323 g/mol. The smallest absolute Gasteiger partial charge is 0.137 e. The molecule has 0 bridgehead atoms. The Morgan fingerprint density at radius 2 is 2.08 bits per heavy atom. The number of ether oxygens (including phenoxy) is 1. The molecule has 134 valence electrons. The van der Waals surface area contributed by atoms with Gasteiger partial charge in [0.2, 0.25) is 0 Å². The first-order chi connectivity index (χ1) is 12.1. The van der Waals surface area contributed by atoms with E-state index in [0.717, 1.165) is 25.9 Å². The number of hydrogen-bond acceptors (Lipinski definition) is 5. The summed E-state index contributed by atoms with van der Waals surface area (Å²) in [6, 6.07) is 4.85. The molecule has 0 spiro atoms. The van der Waals surface area contributed by atoms with Crippen molar-refractivity contribution in [1.29, 1.82) is 0 Å². The van der Waals surface area contributed by atoms with Crippen molar-refractivity contribution >= 4 is 0 Å². The molecule has 1 aromatic carbocycles. The Balaban J connectivity index is 1.45. The minimum absolute atomic E-state index is 0.0164. The summed E-state index contributed by atoms with van der Waals surface area (Å²) in [5.41, 5.74) is 0.659. The van der Waals surface area contributed by atoms with E-state index in [1.807, 2.05) is 0 Å². The molecule has 2 heterocycles. The molecule has 1 aliphatic heterocycles. The number of rotatable bonds is 4. The lowest BCUT2D eigenvalue weighted by molar-refractivity contribution is 0.0304. The number of halogens is 1. The van der Waals surface area contributed by atoms with Crippen LogP contribution in [0.2, 0.25) is 0 Å². The molecule has 2 aliphatic rings. The number of methoxy groups -OCH3 is 1. The Bertz CT molecular complexity index is 724. The molecule has 2 aromatic rings. The van der Waals surface area contributed by atoms with E-state index in [4.69, 9.17) is 4.74 Å². The fourth-order valence-electron chi connectivity index (χ4n) is 4.35. The second-order valence-electron chi connectivity index (χ2n) is 7.15. The molecule has 2 fully saturated rings. The third kappa shape index (κ3) is 3.26. The second-order valence-corrected chi connectivity index (χ2v) is 7.15. The van der Waals surface area contributed by atoms with Gasteiger partial charge in [-0.1, -0.05) is 0 Å². The fraction of sp³-hybridized carbons (Fsp3) is 0.556. The van der Waals surface area contributed by atoms with Gasteiger partial charge >= 0.3 is 0 Å². The maximum atomic E-state index is 14.1. The number of hydrogen-bond donors (Lipinski definition) is 1. The molecule has 6 nitrogen and oxygen atoms in total. The largest absolute Gasteiger partial charge is 0.497 e. The Kier molecular flexibility index (Phi) is 4.43. The third-order valence-corrected chi connectivity index (χ3v) is 5.61. The summed E-state index contributed by atoms with van der Waals surface area (Å²) in [5, 5.41) is 14.7. The SMILES string of the molecule is COc1ccc(F)c(CN2C[C@H]3C[C@@H](n4cncn4)[C@H](O)C[C@H]3C2)c1. The molecule has 4 atom stereocenters. The molecule has 0 amide bonds.